The van der Waals surface area contributed by atoms with Crippen LogP contribution in [0.5, 0.6) is 0 Å². The molecule has 2 heteroatoms. The maximum Gasteiger partial charge on any atom is 0.0838 e. The summed E-state index contributed by atoms with van der Waals surface area (Å²) in [6, 6.07) is 0. The summed E-state index contributed by atoms with van der Waals surface area (Å²) < 4.78 is 6.70. The Hall–Kier alpha value is -0.0800. The van der Waals surface area contributed by atoms with Crippen molar-refractivity contribution < 1.29 is 4.74 Å². The van der Waals surface area contributed by atoms with Crippen LogP contribution < -0.4 is 5.32 Å². The van der Waals surface area contributed by atoms with E-state index in [1.54, 1.807) is 0 Å². The molecule has 3 aliphatic rings. The minimum atomic E-state index is 0.152. The maximum absolute atomic E-state index is 6.70. The van der Waals surface area contributed by atoms with Crippen LogP contribution in [0, 0.1) is 17.8 Å². The number of rotatable bonds is 2. The van der Waals surface area contributed by atoms with E-state index < -0.39 is 0 Å². The van der Waals surface area contributed by atoms with E-state index in [0.717, 1.165) is 24.9 Å². The SMILES string of the molecule is CC1CCCC2(CNCC(CC3CCCC3)O2)C1C. The Balaban J connectivity index is 1.62. The zero-order valence-electron chi connectivity index (χ0n) is 12.8. The van der Waals surface area contributed by atoms with Gasteiger partial charge in [-0.2, -0.15) is 0 Å². The molecule has 0 radical (unpaired) electrons. The van der Waals surface area contributed by atoms with Gasteiger partial charge in [-0.05, 0) is 30.6 Å². The summed E-state index contributed by atoms with van der Waals surface area (Å²) in [4.78, 5) is 0. The fourth-order valence-electron chi connectivity index (χ4n) is 4.74. The van der Waals surface area contributed by atoms with Gasteiger partial charge in [-0.15, -0.1) is 0 Å². The van der Waals surface area contributed by atoms with Gasteiger partial charge in [-0.25, -0.2) is 0 Å². The molecule has 0 aromatic rings. The molecule has 2 saturated carbocycles. The van der Waals surface area contributed by atoms with Crippen LogP contribution in [0.3, 0.4) is 0 Å². The second-order valence-corrected chi connectivity index (χ2v) is 7.48. The predicted octanol–water partition coefficient (Wildman–Crippen LogP) is 3.75. The first-order valence-corrected chi connectivity index (χ1v) is 8.58. The summed E-state index contributed by atoms with van der Waals surface area (Å²) in [6.45, 7) is 7.00. The summed E-state index contributed by atoms with van der Waals surface area (Å²) in [7, 11) is 0. The molecule has 4 atom stereocenters. The molecule has 1 N–H and O–H groups in total. The number of morpholine rings is 1. The van der Waals surface area contributed by atoms with Crippen molar-refractivity contribution >= 4 is 0 Å². The van der Waals surface area contributed by atoms with Crippen molar-refractivity contribution in [3.63, 3.8) is 0 Å². The third kappa shape index (κ3) is 2.85. The highest BCUT2D eigenvalue weighted by Crippen LogP contribution is 2.43. The lowest BCUT2D eigenvalue weighted by atomic mass is 9.69. The highest BCUT2D eigenvalue weighted by molar-refractivity contribution is 4.98. The van der Waals surface area contributed by atoms with Crippen LogP contribution in [-0.2, 0) is 4.74 Å². The van der Waals surface area contributed by atoms with Crippen LogP contribution in [-0.4, -0.2) is 24.8 Å². The van der Waals surface area contributed by atoms with E-state index in [1.807, 2.05) is 0 Å². The van der Waals surface area contributed by atoms with Gasteiger partial charge in [-0.1, -0.05) is 52.4 Å². The fourth-order valence-corrected chi connectivity index (χ4v) is 4.74. The first-order chi connectivity index (χ1) is 9.20. The van der Waals surface area contributed by atoms with E-state index in [2.05, 4.69) is 19.2 Å². The molecule has 1 aliphatic heterocycles. The maximum atomic E-state index is 6.70. The molecule has 1 saturated heterocycles. The minimum Gasteiger partial charge on any atom is -0.369 e. The zero-order valence-corrected chi connectivity index (χ0v) is 12.8. The van der Waals surface area contributed by atoms with E-state index in [0.29, 0.717) is 12.0 Å². The van der Waals surface area contributed by atoms with Crippen LogP contribution in [0.15, 0.2) is 0 Å². The smallest absolute Gasteiger partial charge is 0.0838 e. The molecule has 4 unspecified atom stereocenters. The van der Waals surface area contributed by atoms with Crippen LogP contribution in [0.1, 0.15) is 65.2 Å². The standard InChI is InChI=1S/C17H31NO/c1-13-6-5-9-17(14(13)2)12-18-11-16(19-17)10-15-7-3-4-8-15/h13-16,18H,3-12H2,1-2H3. The first-order valence-electron chi connectivity index (χ1n) is 8.58. The topological polar surface area (TPSA) is 21.3 Å². The molecule has 2 aliphatic carbocycles. The van der Waals surface area contributed by atoms with Gasteiger partial charge in [-0.3, -0.25) is 0 Å². The quantitative estimate of drug-likeness (QED) is 0.821. The Morgan fingerprint density at radius 3 is 2.68 bits per heavy atom. The third-order valence-corrected chi connectivity index (χ3v) is 6.21. The molecule has 0 aromatic heterocycles. The summed E-state index contributed by atoms with van der Waals surface area (Å²) in [5.74, 6) is 2.47. The first kappa shape index (κ1) is 13.9. The van der Waals surface area contributed by atoms with E-state index in [-0.39, 0.29) is 5.60 Å². The monoisotopic (exact) mass is 265 g/mol. The fraction of sp³-hybridized carbons (Fsp3) is 1.00. The largest absolute Gasteiger partial charge is 0.369 e. The molecule has 3 fully saturated rings. The van der Waals surface area contributed by atoms with Crippen molar-refractivity contribution in [1.29, 1.82) is 0 Å². The molecular formula is C17H31NO. The Labute approximate surface area is 118 Å². The summed E-state index contributed by atoms with van der Waals surface area (Å²) in [6.07, 6.45) is 11.6. The normalized spacial score (nSPS) is 44.8. The van der Waals surface area contributed by atoms with E-state index in [1.165, 1.54) is 51.4 Å². The number of nitrogens with one attached hydrogen (secondary N) is 1. The minimum absolute atomic E-state index is 0.152. The van der Waals surface area contributed by atoms with Crippen molar-refractivity contribution in [3.05, 3.63) is 0 Å². The van der Waals surface area contributed by atoms with Crippen LogP contribution in [0.25, 0.3) is 0 Å². The molecule has 2 nitrogen and oxygen atoms in total. The van der Waals surface area contributed by atoms with Gasteiger partial charge in [0.1, 0.15) is 0 Å². The van der Waals surface area contributed by atoms with Crippen molar-refractivity contribution in [1.82, 2.24) is 5.32 Å². The lowest BCUT2D eigenvalue weighted by Gasteiger charge is -2.50. The van der Waals surface area contributed by atoms with Gasteiger partial charge >= 0.3 is 0 Å². The van der Waals surface area contributed by atoms with Gasteiger partial charge < -0.3 is 10.1 Å². The number of ether oxygens (including phenoxy) is 1. The molecule has 3 rings (SSSR count). The molecule has 0 bridgehead atoms. The number of hydrogen-bond donors (Lipinski definition) is 1. The third-order valence-electron chi connectivity index (χ3n) is 6.21. The van der Waals surface area contributed by atoms with Gasteiger partial charge in [0.2, 0.25) is 0 Å². The van der Waals surface area contributed by atoms with Crippen molar-refractivity contribution in [2.45, 2.75) is 76.9 Å². The van der Waals surface area contributed by atoms with E-state index in [4.69, 9.17) is 4.74 Å². The van der Waals surface area contributed by atoms with Crippen LogP contribution >= 0.6 is 0 Å². The highest BCUT2D eigenvalue weighted by Gasteiger charge is 2.46. The zero-order chi connectivity index (χ0) is 13.3. The molecule has 110 valence electrons. The van der Waals surface area contributed by atoms with Crippen LogP contribution in [0.2, 0.25) is 0 Å². The van der Waals surface area contributed by atoms with Gasteiger partial charge in [0.25, 0.3) is 0 Å². The molecular weight excluding hydrogens is 234 g/mol. The molecule has 19 heavy (non-hydrogen) atoms. The van der Waals surface area contributed by atoms with Crippen molar-refractivity contribution in [3.8, 4) is 0 Å². The lowest BCUT2D eigenvalue weighted by molar-refractivity contribution is -0.174. The predicted molar refractivity (Wildman–Crippen MR) is 79.2 cm³/mol. The average molecular weight is 265 g/mol. The second-order valence-electron chi connectivity index (χ2n) is 7.48. The van der Waals surface area contributed by atoms with Gasteiger partial charge in [0.05, 0.1) is 11.7 Å². The van der Waals surface area contributed by atoms with Gasteiger partial charge in [0, 0.05) is 13.1 Å². The second kappa shape index (κ2) is 5.73. The highest BCUT2D eigenvalue weighted by atomic mass is 16.5. The lowest BCUT2D eigenvalue weighted by Crippen LogP contribution is -2.59. The Bertz CT molecular complexity index is 296. The van der Waals surface area contributed by atoms with Crippen molar-refractivity contribution in [2.24, 2.45) is 17.8 Å². The Morgan fingerprint density at radius 1 is 1.11 bits per heavy atom. The summed E-state index contributed by atoms with van der Waals surface area (Å²) in [5, 5.41) is 3.70. The van der Waals surface area contributed by atoms with Crippen LogP contribution in [0.4, 0.5) is 0 Å². The van der Waals surface area contributed by atoms with Crippen molar-refractivity contribution in [2.75, 3.05) is 13.1 Å². The molecule has 0 amide bonds. The summed E-state index contributed by atoms with van der Waals surface area (Å²) in [5.41, 5.74) is 0.152. The molecule has 1 spiro atoms. The number of hydrogen-bond acceptors (Lipinski definition) is 2. The summed E-state index contributed by atoms with van der Waals surface area (Å²) >= 11 is 0. The Morgan fingerprint density at radius 2 is 1.89 bits per heavy atom. The molecule has 1 heterocycles. The Kier molecular flexibility index (Phi) is 4.19. The average Bonchev–Trinajstić information content (AvgIpc) is 2.89. The van der Waals surface area contributed by atoms with E-state index in [9.17, 15) is 0 Å². The molecule has 0 aromatic carbocycles. The van der Waals surface area contributed by atoms with E-state index >= 15 is 0 Å². The van der Waals surface area contributed by atoms with Gasteiger partial charge in [0.15, 0.2) is 0 Å².